The zero-order valence-electron chi connectivity index (χ0n) is 24.0. The van der Waals surface area contributed by atoms with Crippen molar-refractivity contribution in [3.63, 3.8) is 0 Å². The molecule has 1 saturated heterocycles. The molecule has 10 nitrogen and oxygen atoms in total. The third-order valence-corrected chi connectivity index (χ3v) is 10.7. The van der Waals surface area contributed by atoms with Gasteiger partial charge in [0, 0.05) is 17.7 Å². The Morgan fingerprint density at radius 3 is 2.14 bits per heavy atom. The van der Waals surface area contributed by atoms with E-state index < -0.39 is 49.1 Å². The number of carbonyl (C=O) groups is 2. The van der Waals surface area contributed by atoms with E-state index >= 15 is 0 Å². The summed E-state index contributed by atoms with van der Waals surface area (Å²) in [5, 5.41) is 1.03. The van der Waals surface area contributed by atoms with Crippen LogP contribution in [0.25, 0.3) is 10.8 Å². The smallest absolute Gasteiger partial charge is 0.331 e. The third-order valence-electron chi connectivity index (χ3n) is 6.97. The molecular weight excluding hydrogens is 599 g/mol. The largest absolute Gasteiger partial charge is 0.347 e. The minimum absolute atomic E-state index is 0.0267. The van der Waals surface area contributed by atoms with E-state index in [1.807, 2.05) is 32.9 Å². The Hall–Kier alpha value is -2.97. The van der Waals surface area contributed by atoms with Crippen LogP contribution in [-0.2, 0) is 39.9 Å². The molecule has 1 aliphatic heterocycles. The topological polar surface area (TPSA) is 130 Å². The molecule has 1 N–H and O–H groups in total. The number of nitrogens with zero attached hydrogens (tertiary/aromatic N) is 2. The van der Waals surface area contributed by atoms with Crippen LogP contribution in [0.1, 0.15) is 46.6 Å². The van der Waals surface area contributed by atoms with Gasteiger partial charge in [-0.15, -0.1) is 0 Å². The molecular formula is C29H35N3O7S3. The molecule has 0 unspecified atom stereocenters. The van der Waals surface area contributed by atoms with Crippen LogP contribution in [0.5, 0.6) is 0 Å². The highest BCUT2D eigenvalue weighted by molar-refractivity contribution is 7.89. The molecule has 13 heteroatoms. The number of carbonyl (C=O) groups excluding carboxylic acids is 2. The molecule has 1 heterocycles. The molecule has 0 aliphatic carbocycles. The maximum absolute atomic E-state index is 13.7. The van der Waals surface area contributed by atoms with E-state index in [2.05, 4.69) is 18.1 Å². The molecule has 1 amide bonds. The van der Waals surface area contributed by atoms with Crippen LogP contribution in [0.2, 0.25) is 0 Å². The third kappa shape index (κ3) is 6.65. The van der Waals surface area contributed by atoms with Gasteiger partial charge in [0.05, 0.1) is 14.4 Å². The molecule has 1 fully saturated rings. The summed E-state index contributed by atoms with van der Waals surface area (Å²) >= 11 is 4.41. The maximum Gasteiger partial charge on any atom is 0.347 e. The molecule has 0 saturated carbocycles. The second-order valence-corrected chi connectivity index (χ2v) is 15.9. The van der Waals surface area contributed by atoms with E-state index in [1.165, 1.54) is 24.3 Å². The summed E-state index contributed by atoms with van der Waals surface area (Å²) in [5.74, 6) is -2.55. The van der Waals surface area contributed by atoms with Crippen LogP contribution >= 0.6 is 12.6 Å². The zero-order chi connectivity index (χ0) is 31.0. The molecule has 42 heavy (non-hydrogen) atoms. The zero-order valence-corrected chi connectivity index (χ0v) is 26.5. The first-order valence-corrected chi connectivity index (χ1v) is 16.8. The van der Waals surface area contributed by atoms with Crippen LogP contribution < -0.4 is 5.43 Å². The van der Waals surface area contributed by atoms with Crippen molar-refractivity contribution in [3.8, 4) is 0 Å². The number of thiol groups is 1. The molecule has 0 spiro atoms. The molecule has 0 aromatic heterocycles. The van der Waals surface area contributed by atoms with Gasteiger partial charge in [0.15, 0.2) is 0 Å². The number of sulfonamides is 2. The van der Waals surface area contributed by atoms with Crippen molar-refractivity contribution in [2.24, 2.45) is 5.92 Å². The molecule has 1 aliphatic rings. The van der Waals surface area contributed by atoms with Crippen LogP contribution in [0.4, 0.5) is 0 Å². The predicted octanol–water partition coefficient (Wildman–Crippen LogP) is 4.04. The Balaban J connectivity index is 1.66. The average Bonchev–Trinajstić information content (AvgIpc) is 3.34. The number of benzene rings is 3. The molecule has 4 rings (SSSR count). The van der Waals surface area contributed by atoms with Crippen LogP contribution in [-0.4, -0.2) is 55.4 Å². The van der Waals surface area contributed by atoms with Crippen molar-refractivity contribution in [2.45, 2.75) is 67.5 Å². The summed E-state index contributed by atoms with van der Waals surface area (Å²) in [6.07, 6.45) is -0.0267. The lowest BCUT2D eigenvalue weighted by atomic mass is 9.87. The first kappa shape index (κ1) is 32.0. The molecule has 0 radical (unpaired) electrons. The fourth-order valence-electron chi connectivity index (χ4n) is 4.44. The highest BCUT2D eigenvalue weighted by Crippen LogP contribution is 2.32. The quantitative estimate of drug-likeness (QED) is 0.283. The van der Waals surface area contributed by atoms with E-state index in [1.54, 1.807) is 44.2 Å². The van der Waals surface area contributed by atoms with E-state index in [0.717, 1.165) is 15.3 Å². The first-order chi connectivity index (χ1) is 19.5. The number of fused-ring (bicyclic) bond motifs is 1. The van der Waals surface area contributed by atoms with Gasteiger partial charge in [-0.25, -0.2) is 27.1 Å². The minimum Gasteiger partial charge on any atom is -0.331 e. The van der Waals surface area contributed by atoms with Gasteiger partial charge in [-0.3, -0.25) is 4.79 Å². The first-order valence-electron chi connectivity index (χ1n) is 13.4. The predicted molar refractivity (Wildman–Crippen MR) is 162 cm³/mol. The highest BCUT2D eigenvalue weighted by Gasteiger charge is 2.46. The van der Waals surface area contributed by atoms with Crippen molar-refractivity contribution in [1.82, 2.24) is 14.3 Å². The Morgan fingerprint density at radius 2 is 1.55 bits per heavy atom. The van der Waals surface area contributed by atoms with E-state index in [-0.39, 0.29) is 32.7 Å². The minimum atomic E-state index is -4.59. The SMILES string of the molecule is CC(C)C(=O)NN(OC(=O)[C@@H]1C[C@@H](S)CN1S(=O)(=O)c1ccc2ccccc2c1)S(=O)(=O)c1ccc(C(C)(C)C)cc1. The van der Waals surface area contributed by atoms with Gasteiger partial charge >= 0.3 is 5.97 Å². The Labute approximate surface area is 252 Å². The fraction of sp³-hybridized carbons (Fsp3) is 0.379. The summed E-state index contributed by atoms with van der Waals surface area (Å²) in [6.45, 7) is 8.91. The number of rotatable bonds is 8. The van der Waals surface area contributed by atoms with Crippen LogP contribution in [0.15, 0.2) is 76.5 Å². The van der Waals surface area contributed by atoms with Crippen molar-refractivity contribution < 1.29 is 31.3 Å². The van der Waals surface area contributed by atoms with Gasteiger partial charge in [-0.05, 0) is 52.4 Å². The number of hydrazine groups is 1. The van der Waals surface area contributed by atoms with Crippen LogP contribution in [0.3, 0.4) is 0 Å². The van der Waals surface area contributed by atoms with Gasteiger partial charge in [0.25, 0.3) is 10.0 Å². The number of hydrogen-bond donors (Lipinski definition) is 2. The summed E-state index contributed by atoms with van der Waals surface area (Å²) in [4.78, 5) is 31.1. The van der Waals surface area contributed by atoms with Crippen molar-refractivity contribution in [3.05, 3.63) is 72.3 Å². The summed E-state index contributed by atoms with van der Waals surface area (Å²) < 4.78 is 55.6. The van der Waals surface area contributed by atoms with Gasteiger partial charge in [0.1, 0.15) is 6.04 Å². The lowest BCUT2D eigenvalue weighted by Gasteiger charge is -2.26. The molecule has 3 aromatic rings. The Kier molecular flexibility index (Phi) is 9.10. The molecule has 0 bridgehead atoms. The highest BCUT2D eigenvalue weighted by atomic mass is 32.2. The fourth-order valence-corrected chi connectivity index (χ4v) is 7.65. The average molecular weight is 634 g/mol. The number of amides is 1. The van der Waals surface area contributed by atoms with Crippen LogP contribution in [0, 0.1) is 5.92 Å². The summed E-state index contributed by atoms with van der Waals surface area (Å²) in [6, 6.07) is 16.5. The molecule has 2 atom stereocenters. The van der Waals surface area contributed by atoms with E-state index in [9.17, 15) is 26.4 Å². The van der Waals surface area contributed by atoms with E-state index in [0.29, 0.717) is 5.39 Å². The molecule has 3 aromatic carbocycles. The monoisotopic (exact) mass is 633 g/mol. The van der Waals surface area contributed by atoms with Gasteiger partial charge < -0.3 is 4.84 Å². The van der Waals surface area contributed by atoms with Gasteiger partial charge in [-0.1, -0.05) is 77.1 Å². The van der Waals surface area contributed by atoms with Crippen molar-refractivity contribution >= 4 is 55.3 Å². The number of nitrogens with one attached hydrogen (secondary N) is 1. The van der Waals surface area contributed by atoms with Gasteiger partial charge in [-0.2, -0.15) is 16.9 Å². The van der Waals surface area contributed by atoms with Crippen molar-refractivity contribution in [2.75, 3.05) is 6.54 Å². The summed E-state index contributed by atoms with van der Waals surface area (Å²) in [7, 11) is -8.80. The van der Waals surface area contributed by atoms with Crippen molar-refractivity contribution in [1.29, 1.82) is 0 Å². The summed E-state index contributed by atoms with van der Waals surface area (Å²) in [5.41, 5.74) is 2.78. The Bertz CT molecular complexity index is 1700. The second kappa shape index (κ2) is 12.0. The maximum atomic E-state index is 13.7. The second-order valence-electron chi connectivity index (χ2n) is 11.5. The van der Waals surface area contributed by atoms with Gasteiger partial charge in [0.2, 0.25) is 15.9 Å². The molecule has 226 valence electrons. The standard InChI is InChI=1S/C29H35N3O7S3/c1-19(2)27(33)30-32(42(37,38)24-14-11-22(12-15-24)29(3,4)5)39-28(34)26-17-23(40)18-31(26)41(35,36)25-13-10-20-8-6-7-9-21(20)16-25/h6-16,19,23,26,40H,17-18H2,1-5H3,(H,30,33)/t23-,26+/m1/s1. The Morgan fingerprint density at radius 1 is 0.952 bits per heavy atom. The number of hydrogen-bond acceptors (Lipinski definition) is 8. The lowest BCUT2D eigenvalue weighted by Crippen LogP contribution is -2.51. The van der Waals surface area contributed by atoms with E-state index in [4.69, 9.17) is 4.84 Å². The lowest BCUT2D eigenvalue weighted by molar-refractivity contribution is -0.184. The normalized spacial score (nSPS) is 18.5.